The number of nitrogens with zero attached hydrogens (tertiary/aromatic N) is 3. The van der Waals surface area contributed by atoms with E-state index in [1.54, 1.807) is 67.9 Å². The number of hydrogen-bond acceptors (Lipinski definition) is 6. The van der Waals surface area contributed by atoms with Crippen molar-refractivity contribution < 1.29 is 18.7 Å². The van der Waals surface area contributed by atoms with Crippen LogP contribution in [0.25, 0.3) is 16.8 Å². The molecular weight excluding hydrogens is 384 g/mol. The first kappa shape index (κ1) is 19.4. The summed E-state index contributed by atoms with van der Waals surface area (Å²) in [6, 6.07) is 12.3. The first-order chi connectivity index (χ1) is 14.5. The molecule has 1 N–H and O–H groups in total. The molecule has 0 atom stereocenters. The van der Waals surface area contributed by atoms with Crippen LogP contribution in [-0.2, 0) is 4.74 Å². The van der Waals surface area contributed by atoms with Gasteiger partial charge in [0.25, 0.3) is 5.91 Å². The maximum Gasteiger partial charge on any atom is 0.341 e. The molecule has 4 aromatic rings. The van der Waals surface area contributed by atoms with Crippen LogP contribution in [0, 0.1) is 13.8 Å². The Labute approximate surface area is 172 Å². The molecule has 1 amide bonds. The fourth-order valence-electron chi connectivity index (χ4n) is 3.16. The summed E-state index contributed by atoms with van der Waals surface area (Å²) >= 11 is 0. The minimum Gasteiger partial charge on any atom is -0.462 e. The second-order valence-corrected chi connectivity index (χ2v) is 6.69. The number of nitrogens with one attached hydrogen (secondary N) is 1. The summed E-state index contributed by atoms with van der Waals surface area (Å²) < 4.78 is 12.1. The van der Waals surface area contributed by atoms with Crippen LogP contribution < -0.4 is 5.32 Å². The number of aromatic nitrogens is 3. The molecule has 0 saturated carbocycles. The highest BCUT2D eigenvalue weighted by atomic mass is 16.5. The van der Waals surface area contributed by atoms with Gasteiger partial charge in [-0.15, -0.1) is 0 Å². The lowest BCUT2D eigenvalue weighted by Gasteiger charge is -2.08. The Hall–Kier alpha value is -3.94. The van der Waals surface area contributed by atoms with Crippen LogP contribution in [0.5, 0.6) is 0 Å². The largest absolute Gasteiger partial charge is 0.462 e. The van der Waals surface area contributed by atoms with E-state index in [1.165, 1.54) is 6.20 Å². The number of benzene rings is 2. The zero-order chi connectivity index (χ0) is 21.3. The van der Waals surface area contributed by atoms with Gasteiger partial charge in [0.05, 0.1) is 24.2 Å². The number of oxazole rings is 1. The van der Waals surface area contributed by atoms with E-state index >= 15 is 0 Å². The highest BCUT2D eigenvalue weighted by molar-refractivity contribution is 6.05. The molecule has 30 heavy (non-hydrogen) atoms. The maximum absolute atomic E-state index is 12.6. The second kappa shape index (κ2) is 7.82. The first-order valence-electron chi connectivity index (χ1n) is 9.47. The van der Waals surface area contributed by atoms with Crippen LogP contribution in [0.1, 0.15) is 39.2 Å². The SMILES string of the molecule is CCOC(=O)c1cnn(-c2ccc(C(=O)Nc3ccc4oc(C)nc4c3)cc2)c1C. The van der Waals surface area contributed by atoms with E-state index in [2.05, 4.69) is 15.4 Å². The van der Waals surface area contributed by atoms with Gasteiger partial charge in [-0.2, -0.15) is 5.10 Å². The molecule has 0 unspecified atom stereocenters. The van der Waals surface area contributed by atoms with Crippen molar-refractivity contribution >= 4 is 28.7 Å². The van der Waals surface area contributed by atoms with E-state index in [4.69, 9.17) is 9.15 Å². The third-order valence-electron chi connectivity index (χ3n) is 4.63. The second-order valence-electron chi connectivity index (χ2n) is 6.69. The minimum absolute atomic E-state index is 0.245. The summed E-state index contributed by atoms with van der Waals surface area (Å²) in [5, 5.41) is 7.12. The van der Waals surface area contributed by atoms with E-state index in [1.807, 2.05) is 0 Å². The zero-order valence-corrected chi connectivity index (χ0v) is 16.8. The molecule has 0 radical (unpaired) electrons. The molecule has 0 spiro atoms. The first-order valence-corrected chi connectivity index (χ1v) is 9.47. The molecule has 4 rings (SSSR count). The fourth-order valence-corrected chi connectivity index (χ4v) is 3.16. The van der Waals surface area contributed by atoms with Crippen LogP contribution in [0.3, 0.4) is 0 Å². The summed E-state index contributed by atoms with van der Waals surface area (Å²) in [5.74, 6) is -0.0777. The Morgan fingerprint density at radius 3 is 2.63 bits per heavy atom. The Morgan fingerprint density at radius 1 is 1.13 bits per heavy atom. The average molecular weight is 404 g/mol. The summed E-state index contributed by atoms with van der Waals surface area (Å²) in [6.45, 7) is 5.63. The topological polar surface area (TPSA) is 99.2 Å². The molecule has 2 aromatic carbocycles. The monoisotopic (exact) mass is 404 g/mol. The van der Waals surface area contributed by atoms with Crippen molar-refractivity contribution in [3.05, 3.63) is 71.4 Å². The van der Waals surface area contributed by atoms with Crippen molar-refractivity contribution in [2.24, 2.45) is 0 Å². The number of ether oxygens (including phenoxy) is 1. The van der Waals surface area contributed by atoms with Crippen LogP contribution in [0.4, 0.5) is 5.69 Å². The summed E-state index contributed by atoms with van der Waals surface area (Å²) in [6.07, 6.45) is 1.48. The van der Waals surface area contributed by atoms with Gasteiger partial charge in [-0.1, -0.05) is 0 Å². The van der Waals surface area contributed by atoms with Gasteiger partial charge in [0.15, 0.2) is 11.5 Å². The molecule has 8 nitrogen and oxygen atoms in total. The average Bonchev–Trinajstić information content (AvgIpc) is 3.29. The van der Waals surface area contributed by atoms with Gasteiger partial charge >= 0.3 is 5.97 Å². The lowest BCUT2D eigenvalue weighted by Crippen LogP contribution is -2.12. The molecule has 0 aliphatic heterocycles. The Morgan fingerprint density at radius 2 is 1.90 bits per heavy atom. The van der Waals surface area contributed by atoms with Crippen LogP contribution in [-0.4, -0.2) is 33.2 Å². The van der Waals surface area contributed by atoms with Gasteiger partial charge in [-0.25, -0.2) is 14.5 Å². The number of amides is 1. The lowest BCUT2D eigenvalue weighted by atomic mass is 10.1. The van der Waals surface area contributed by atoms with Crippen LogP contribution in [0.2, 0.25) is 0 Å². The summed E-state index contributed by atoms with van der Waals surface area (Å²) in [4.78, 5) is 28.8. The third-order valence-corrected chi connectivity index (χ3v) is 4.63. The zero-order valence-electron chi connectivity index (χ0n) is 16.8. The van der Waals surface area contributed by atoms with Crippen molar-refractivity contribution in [3.63, 3.8) is 0 Å². The minimum atomic E-state index is -0.406. The normalized spacial score (nSPS) is 10.9. The Bertz CT molecular complexity index is 1240. The van der Waals surface area contributed by atoms with Gasteiger partial charge in [0, 0.05) is 18.2 Å². The number of esters is 1. The van der Waals surface area contributed by atoms with Crippen molar-refractivity contribution in [1.82, 2.24) is 14.8 Å². The predicted octanol–water partition coefficient (Wildman–Crippen LogP) is 4.06. The number of hydrogen-bond donors (Lipinski definition) is 1. The summed E-state index contributed by atoms with van der Waals surface area (Å²) in [5.41, 5.74) is 4.30. The number of aryl methyl sites for hydroxylation is 1. The number of fused-ring (bicyclic) bond motifs is 1. The molecule has 2 aromatic heterocycles. The van der Waals surface area contributed by atoms with Crippen LogP contribution >= 0.6 is 0 Å². The van der Waals surface area contributed by atoms with Gasteiger partial charge in [-0.05, 0) is 56.3 Å². The van der Waals surface area contributed by atoms with E-state index in [0.717, 1.165) is 5.69 Å². The molecule has 0 saturated heterocycles. The van der Waals surface area contributed by atoms with Crippen LogP contribution in [0.15, 0.2) is 53.1 Å². The van der Waals surface area contributed by atoms with Gasteiger partial charge in [-0.3, -0.25) is 4.79 Å². The number of carbonyl (C=O) groups is 2. The smallest absolute Gasteiger partial charge is 0.341 e. The Balaban J connectivity index is 1.51. The molecule has 152 valence electrons. The van der Waals surface area contributed by atoms with E-state index in [9.17, 15) is 9.59 Å². The predicted molar refractivity (Wildman–Crippen MR) is 111 cm³/mol. The molecule has 2 heterocycles. The van der Waals surface area contributed by atoms with Gasteiger partial charge in [0.1, 0.15) is 11.1 Å². The molecule has 0 aliphatic carbocycles. The van der Waals surface area contributed by atoms with Gasteiger partial charge < -0.3 is 14.5 Å². The molecule has 0 bridgehead atoms. The third kappa shape index (κ3) is 3.67. The highest BCUT2D eigenvalue weighted by Gasteiger charge is 2.16. The molecule has 0 aliphatic rings. The van der Waals surface area contributed by atoms with E-state index in [-0.39, 0.29) is 5.91 Å². The molecular formula is C22H20N4O4. The highest BCUT2D eigenvalue weighted by Crippen LogP contribution is 2.21. The quantitative estimate of drug-likeness (QED) is 0.504. The Kier molecular flexibility index (Phi) is 5.05. The number of rotatable bonds is 5. The van der Waals surface area contributed by atoms with E-state index < -0.39 is 5.97 Å². The fraction of sp³-hybridized carbons (Fsp3) is 0.182. The van der Waals surface area contributed by atoms with Crippen molar-refractivity contribution in [2.75, 3.05) is 11.9 Å². The molecule has 0 fully saturated rings. The van der Waals surface area contributed by atoms with Crippen molar-refractivity contribution in [3.8, 4) is 5.69 Å². The van der Waals surface area contributed by atoms with Crippen molar-refractivity contribution in [1.29, 1.82) is 0 Å². The standard InChI is InChI=1S/C22H20N4O4/c1-4-29-22(28)18-12-23-26(13(18)2)17-8-5-15(6-9-17)21(27)25-16-7-10-20-19(11-16)24-14(3)30-20/h5-12H,4H2,1-3H3,(H,25,27). The maximum atomic E-state index is 12.6. The van der Waals surface area contributed by atoms with Crippen molar-refractivity contribution in [2.45, 2.75) is 20.8 Å². The number of carbonyl (C=O) groups excluding carboxylic acids is 2. The van der Waals surface area contributed by atoms with Gasteiger partial charge in [0.2, 0.25) is 0 Å². The lowest BCUT2D eigenvalue weighted by molar-refractivity contribution is 0.0525. The number of anilines is 1. The summed E-state index contributed by atoms with van der Waals surface area (Å²) in [7, 11) is 0. The molecule has 8 heteroatoms. The van der Waals surface area contributed by atoms with E-state index in [0.29, 0.717) is 46.1 Å².